The number of anilines is 1. The van der Waals surface area contributed by atoms with E-state index in [0.29, 0.717) is 12.1 Å². The fourth-order valence-electron chi connectivity index (χ4n) is 1.39. The number of benzene rings is 1. The van der Waals surface area contributed by atoms with Crippen molar-refractivity contribution in [2.75, 3.05) is 12.3 Å². The summed E-state index contributed by atoms with van der Waals surface area (Å²) >= 11 is 3.37. The van der Waals surface area contributed by atoms with Crippen molar-refractivity contribution in [2.24, 2.45) is 5.73 Å². The standard InChI is InChI=1S/C10H15BrN2O/c1-10(13,4-5-14)8-6-7(11)2-3-9(8)12/h2-3,6,14H,4-5,12-13H2,1H3/t10-/m0/s1. The van der Waals surface area contributed by atoms with Crippen LogP contribution in [0.2, 0.25) is 0 Å². The summed E-state index contributed by atoms with van der Waals surface area (Å²) in [7, 11) is 0. The first-order valence-corrected chi connectivity index (χ1v) is 5.22. The van der Waals surface area contributed by atoms with Crippen molar-refractivity contribution in [1.29, 1.82) is 0 Å². The van der Waals surface area contributed by atoms with E-state index < -0.39 is 5.54 Å². The number of hydrogen-bond donors (Lipinski definition) is 3. The molecule has 0 amide bonds. The van der Waals surface area contributed by atoms with E-state index in [1.807, 2.05) is 25.1 Å². The molecule has 0 aliphatic heterocycles. The molecule has 0 spiro atoms. The molecule has 3 nitrogen and oxygen atoms in total. The molecule has 0 radical (unpaired) electrons. The summed E-state index contributed by atoms with van der Waals surface area (Å²) in [5.74, 6) is 0. The fourth-order valence-corrected chi connectivity index (χ4v) is 1.75. The van der Waals surface area contributed by atoms with E-state index in [0.717, 1.165) is 10.0 Å². The number of aliphatic hydroxyl groups excluding tert-OH is 1. The molecule has 1 rings (SSSR count). The molecule has 4 heteroatoms. The Morgan fingerprint density at radius 3 is 2.71 bits per heavy atom. The van der Waals surface area contributed by atoms with Crippen molar-refractivity contribution in [3.8, 4) is 0 Å². The van der Waals surface area contributed by atoms with Gasteiger partial charge in [0.15, 0.2) is 0 Å². The summed E-state index contributed by atoms with van der Waals surface area (Å²) < 4.78 is 0.941. The Morgan fingerprint density at radius 1 is 1.50 bits per heavy atom. The molecule has 0 saturated carbocycles. The second-order valence-electron chi connectivity index (χ2n) is 3.62. The Morgan fingerprint density at radius 2 is 2.14 bits per heavy atom. The molecule has 0 aliphatic carbocycles. The Labute approximate surface area is 92.2 Å². The van der Waals surface area contributed by atoms with Crippen molar-refractivity contribution in [1.82, 2.24) is 0 Å². The van der Waals surface area contributed by atoms with Crippen LogP contribution in [0.4, 0.5) is 5.69 Å². The van der Waals surface area contributed by atoms with E-state index in [-0.39, 0.29) is 6.61 Å². The summed E-state index contributed by atoms with van der Waals surface area (Å²) in [5.41, 5.74) is 12.8. The first-order chi connectivity index (χ1) is 6.47. The third-order valence-electron chi connectivity index (χ3n) is 2.26. The Kier molecular flexibility index (Phi) is 3.53. The molecule has 14 heavy (non-hydrogen) atoms. The predicted molar refractivity (Wildman–Crippen MR) is 61.8 cm³/mol. The predicted octanol–water partition coefficient (Wildman–Crippen LogP) is 1.59. The van der Waals surface area contributed by atoms with Crippen LogP contribution in [0.3, 0.4) is 0 Å². The minimum Gasteiger partial charge on any atom is -0.398 e. The van der Waals surface area contributed by atoms with Crippen molar-refractivity contribution < 1.29 is 5.11 Å². The maximum atomic E-state index is 8.89. The fraction of sp³-hybridized carbons (Fsp3) is 0.400. The minimum absolute atomic E-state index is 0.0545. The van der Waals surface area contributed by atoms with Gasteiger partial charge in [-0.2, -0.15) is 0 Å². The molecule has 5 N–H and O–H groups in total. The van der Waals surface area contributed by atoms with Crippen LogP contribution < -0.4 is 11.5 Å². The molecule has 0 fully saturated rings. The SMILES string of the molecule is C[C@](N)(CCO)c1cc(Br)ccc1N. The Bertz CT molecular complexity index is 326. The lowest BCUT2D eigenvalue weighted by molar-refractivity contribution is 0.247. The lowest BCUT2D eigenvalue weighted by atomic mass is 9.89. The summed E-state index contributed by atoms with van der Waals surface area (Å²) in [5, 5.41) is 8.89. The van der Waals surface area contributed by atoms with Gasteiger partial charge in [0.1, 0.15) is 0 Å². The molecule has 0 aliphatic rings. The zero-order valence-electron chi connectivity index (χ0n) is 8.13. The molecule has 1 aromatic rings. The third kappa shape index (κ3) is 2.47. The maximum absolute atomic E-state index is 8.89. The minimum atomic E-state index is -0.581. The quantitative estimate of drug-likeness (QED) is 0.722. The average Bonchev–Trinajstić information content (AvgIpc) is 2.09. The van der Waals surface area contributed by atoms with Crippen LogP contribution >= 0.6 is 15.9 Å². The normalized spacial score (nSPS) is 15.1. The Hall–Kier alpha value is -0.580. The largest absolute Gasteiger partial charge is 0.398 e. The summed E-state index contributed by atoms with van der Waals surface area (Å²) in [6.07, 6.45) is 0.494. The smallest absolute Gasteiger partial charge is 0.0451 e. The van der Waals surface area contributed by atoms with Gasteiger partial charge in [-0.05, 0) is 37.1 Å². The highest BCUT2D eigenvalue weighted by atomic mass is 79.9. The number of aliphatic hydroxyl groups is 1. The zero-order chi connectivity index (χ0) is 10.8. The number of nitrogens with two attached hydrogens (primary N) is 2. The lowest BCUT2D eigenvalue weighted by Gasteiger charge is -2.26. The van der Waals surface area contributed by atoms with Crippen LogP contribution in [0.1, 0.15) is 18.9 Å². The molecular formula is C10H15BrN2O. The van der Waals surface area contributed by atoms with E-state index in [1.165, 1.54) is 0 Å². The highest BCUT2D eigenvalue weighted by Gasteiger charge is 2.22. The van der Waals surface area contributed by atoms with Crippen LogP contribution in [-0.2, 0) is 5.54 Å². The first-order valence-electron chi connectivity index (χ1n) is 4.42. The van der Waals surface area contributed by atoms with Gasteiger partial charge in [-0.3, -0.25) is 0 Å². The van der Waals surface area contributed by atoms with Crippen molar-refractivity contribution in [3.05, 3.63) is 28.2 Å². The van der Waals surface area contributed by atoms with Crippen LogP contribution in [0, 0.1) is 0 Å². The summed E-state index contributed by atoms with van der Waals surface area (Å²) in [4.78, 5) is 0. The number of halogens is 1. The molecule has 0 unspecified atom stereocenters. The van der Waals surface area contributed by atoms with Gasteiger partial charge in [0, 0.05) is 22.3 Å². The summed E-state index contributed by atoms with van der Waals surface area (Å²) in [6.45, 7) is 1.92. The van der Waals surface area contributed by atoms with Gasteiger partial charge in [-0.1, -0.05) is 15.9 Å². The average molecular weight is 259 g/mol. The first kappa shape index (κ1) is 11.5. The molecule has 0 heterocycles. The second kappa shape index (κ2) is 4.29. The molecule has 0 bridgehead atoms. The molecular weight excluding hydrogens is 244 g/mol. The molecule has 78 valence electrons. The lowest BCUT2D eigenvalue weighted by Crippen LogP contribution is -2.34. The molecule has 1 atom stereocenters. The van der Waals surface area contributed by atoms with E-state index >= 15 is 0 Å². The molecule has 0 saturated heterocycles. The van der Waals surface area contributed by atoms with Gasteiger partial charge in [0.05, 0.1) is 0 Å². The Balaban J connectivity index is 3.10. The molecule has 0 aromatic heterocycles. The second-order valence-corrected chi connectivity index (χ2v) is 4.54. The van der Waals surface area contributed by atoms with Crippen LogP contribution in [0.5, 0.6) is 0 Å². The highest BCUT2D eigenvalue weighted by Crippen LogP contribution is 2.29. The van der Waals surface area contributed by atoms with Crippen molar-refractivity contribution in [2.45, 2.75) is 18.9 Å². The number of nitrogen functional groups attached to an aromatic ring is 1. The summed E-state index contributed by atoms with van der Waals surface area (Å²) in [6, 6.07) is 5.57. The van der Waals surface area contributed by atoms with Crippen molar-refractivity contribution in [3.63, 3.8) is 0 Å². The van der Waals surface area contributed by atoms with E-state index in [2.05, 4.69) is 15.9 Å². The van der Waals surface area contributed by atoms with Crippen LogP contribution in [0.15, 0.2) is 22.7 Å². The van der Waals surface area contributed by atoms with Crippen molar-refractivity contribution >= 4 is 21.6 Å². The zero-order valence-corrected chi connectivity index (χ0v) is 9.71. The van der Waals surface area contributed by atoms with Gasteiger partial charge in [0.2, 0.25) is 0 Å². The van der Waals surface area contributed by atoms with Gasteiger partial charge in [-0.15, -0.1) is 0 Å². The highest BCUT2D eigenvalue weighted by molar-refractivity contribution is 9.10. The van der Waals surface area contributed by atoms with Gasteiger partial charge in [-0.25, -0.2) is 0 Å². The van der Waals surface area contributed by atoms with Crippen LogP contribution in [0.25, 0.3) is 0 Å². The maximum Gasteiger partial charge on any atom is 0.0451 e. The number of hydrogen-bond acceptors (Lipinski definition) is 3. The van der Waals surface area contributed by atoms with E-state index in [4.69, 9.17) is 16.6 Å². The topological polar surface area (TPSA) is 72.3 Å². The molecule has 1 aromatic carbocycles. The monoisotopic (exact) mass is 258 g/mol. The van der Waals surface area contributed by atoms with E-state index in [9.17, 15) is 0 Å². The van der Waals surface area contributed by atoms with Gasteiger partial charge in [0.25, 0.3) is 0 Å². The van der Waals surface area contributed by atoms with Gasteiger partial charge < -0.3 is 16.6 Å². The third-order valence-corrected chi connectivity index (χ3v) is 2.76. The van der Waals surface area contributed by atoms with Crippen LogP contribution in [-0.4, -0.2) is 11.7 Å². The van der Waals surface area contributed by atoms with Gasteiger partial charge >= 0.3 is 0 Å². The number of rotatable bonds is 3. The van der Waals surface area contributed by atoms with E-state index in [1.54, 1.807) is 0 Å².